The molecule has 0 aromatic carbocycles. The molecule has 1 amide bonds. The molecule has 1 fully saturated rings. The molecule has 1 aliphatic heterocycles. The van der Waals surface area contributed by atoms with Crippen LogP contribution < -0.4 is 10.6 Å². The Labute approximate surface area is 96.9 Å². The summed E-state index contributed by atoms with van der Waals surface area (Å²) in [5.74, 6) is 0.209. The summed E-state index contributed by atoms with van der Waals surface area (Å²) in [4.78, 5) is 11.3. The maximum atomic E-state index is 11.6. The maximum absolute atomic E-state index is 11.6. The summed E-state index contributed by atoms with van der Waals surface area (Å²) in [5, 5.41) is 5.71. The summed E-state index contributed by atoms with van der Waals surface area (Å²) >= 11 is 0. The van der Waals surface area contributed by atoms with Gasteiger partial charge in [0.05, 0.1) is 11.5 Å². The van der Waals surface area contributed by atoms with E-state index in [0.29, 0.717) is 0 Å². The molecule has 0 aromatic rings. The number of sulfone groups is 1. The van der Waals surface area contributed by atoms with Crippen LogP contribution in [0, 0.1) is 5.92 Å². The number of carbonyl (C=O) groups excluding carboxylic acids is 1. The minimum Gasteiger partial charge on any atom is -0.354 e. The topological polar surface area (TPSA) is 75.3 Å². The van der Waals surface area contributed by atoms with Crippen molar-refractivity contribution in [2.24, 2.45) is 5.92 Å². The molecule has 94 valence electrons. The smallest absolute Gasteiger partial charge is 0.221 e. The molecule has 0 aromatic heterocycles. The molecular formula is C10H20N2O3S. The van der Waals surface area contributed by atoms with Crippen LogP contribution in [0.4, 0.5) is 0 Å². The molecule has 0 radical (unpaired) electrons. The normalized spacial score (nSPS) is 17.2. The summed E-state index contributed by atoms with van der Waals surface area (Å²) < 4.78 is 23.2. The lowest BCUT2D eigenvalue weighted by molar-refractivity contribution is -0.121. The zero-order valence-corrected chi connectivity index (χ0v) is 10.6. The standard InChI is InChI=1S/C10H20N2O3S/c1-8(2)12-10(13)3-4-16(14,15)7-9-5-11-6-9/h8-9,11H,3-7H2,1-2H3,(H,12,13). The van der Waals surface area contributed by atoms with Gasteiger partial charge < -0.3 is 10.6 Å². The minimum absolute atomic E-state index is 0.0396. The van der Waals surface area contributed by atoms with Gasteiger partial charge in [-0.05, 0) is 19.8 Å². The second-order valence-electron chi connectivity index (χ2n) is 4.61. The number of rotatable bonds is 6. The molecule has 1 saturated heterocycles. The van der Waals surface area contributed by atoms with Crippen molar-refractivity contribution in [3.63, 3.8) is 0 Å². The van der Waals surface area contributed by atoms with Crippen LogP contribution in [-0.4, -0.2) is 45.0 Å². The van der Waals surface area contributed by atoms with E-state index in [1.165, 1.54) is 0 Å². The molecule has 5 nitrogen and oxygen atoms in total. The number of carbonyl (C=O) groups is 1. The van der Waals surface area contributed by atoms with Crippen LogP contribution in [0.1, 0.15) is 20.3 Å². The van der Waals surface area contributed by atoms with E-state index in [1.807, 2.05) is 13.8 Å². The SMILES string of the molecule is CC(C)NC(=O)CCS(=O)(=O)CC1CNC1. The van der Waals surface area contributed by atoms with Crippen molar-refractivity contribution in [2.75, 3.05) is 24.6 Å². The molecule has 0 bridgehead atoms. The fourth-order valence-corrected chi connectivity index (χ4v) is 3.17. The number of nitrogens with one attached hydrogen (secondary N) is 2. The maximum Gasteiger partial charge on any atom is 0.221 e. The fraction of sp³-hybridized carbons (Fsp3) is 0.900. The van der Waals surface area contributed by atoms with Crippen LogP contribution in [0.5, 0.6) is 0 Å². The molecule has 0 atom stereocenters. The first-order valence-electron chi connectivity index (χ1n) is 5.59. The van der Waals surface area contributed by atoms with Gasteiger partial charge in [-0.15, -0.1) is 0 Å². The summed E-state index contributed by atoms with van der Waals surface area (Å²) in [7, 11) is -3.07. The van der Waals surface area contributed by atoms with Crippen molar-refractivity contribution in [2.45, 2.75) is 26.3 Å². The highest BCUT2D eigenvalue weighted by Crippen LogP contribution is 2.08. The highest BCUT2D eigenvalue weighted by molar-refractivity contribution is 7.91. The fourth-order valence-electron chi connectivity index (χ4n) is 1.55. The lowest BCUT2D eigenvalue weighted by Crippen LogP contribution is -2.46. The van der Waals surface area contributed by atoms with E-state index < -0.39 is 9.84 Å². The molecule has 1 rings (SSSR count). The molecule has 0 unspecified atom stereocenters. The van der Waals surface area contributed by atoms with Crippen molar-refractivity contribution < 1.29 is 13.2 Å². The van der Waals surface area contributed by atoms with Gasteiger partial charge in [-0.2, -0.15) is 0 Å². The average Bonchev–Trinajstić information content (AvgIpc) is 2.08. The van der Waals surface area contributed by atoms with E-state index >= 15 is 0 Å². The first-order valence-corrected chi connectivity index (χ1v) is 7.41. The molecule has 16 heavy (non-hydrogen) atoms. The highest BCUT2D eigenvalue weighted by Gasteiger charge is 2.24. The largest absolute Gasteiger partial charge is 0.354 e. The summed E-state index contributed by atoms with van der Waals surface area (Å²) in [6, 6.07) is 0.0611. The minimum atomic E-state index is -3.07. The van der Waals surface area contributed by atoms with Gasteiger partial charge in [-0.1, -0.05) is 0 Å². The van der Waals surface area contributed by atoms with Gasteiger partial charge in [-0.3, -0.25) is 4.79 Å². The van der Waals surface area contributed by atoms with E-state index in [4.69, 9.17) is 0 Å². The number of amides is 1. The van der Waals surface area contributed by atoms with Gasteiger partial charge in [-0.25, -0.2) is 8.42 Å². The van der Waals surface area contributed by atoms with Crippen molar-refractivity contribution in [1.82, 2.24) is 10.6 Å². The van der Waals surface area contributed by atoms with Crippen molar-refractivity contribution in [3.8, 4) is 0 Å². The third-order valence-electron chi connectivity index (χ3n) is 2.45. The summed E-state index contributed by atoms with van der Waals surface area (Å²) in [6.45, 7) is 5.26. The highest BCUT2D eigenvalue weighted by atomic mass is 32.2. The zero-order valence-electron chi connectivity index (χ0n) is 9.82. The van der Waals surface area contributed by atoms with Crippen LogP contribution in [0.25, 0.3) is 0 Å². The van der Waals surface area contributed by atoms with Crippen LogP contribution in [0.3, 0.4) is 0 Å². The van der Waals surface area contributed by atoms with Gasteiger partial charge in [0.25, 0.3) is 0 Å². The Bertz CT molecular complexity index is 334. The van der Waals surface area contributed by atoms with E-state index in [0.717, 1.165) is 13.1 Å². The van der Waals surface area contributed by atoms with Crippen LogP contribution in [-0.2, 0) is 14.6 Å². The Kier molecular flexibility index (Phi) is 4.73. The number of hydrogen-bond donors (Lipinski definition) is 2. The van der Waals surface area contributed by atoms with Gasteiger partial charge in [0.2, 0.25) is 5.91 Å². The Morgan fingerprint density at radius 2 is 2.06 bits per heavy atom. The number of hydrogen-bond acceptors (Lipinski definition) is 4. The zero-order chi connectivity index (χ0) is 12.2. The van der Waals surface area contributed by atoms with Gasteiger partial charge in [0.15, 0.2) is 9.84 Å². The van der Waals surface area contributed by atoms with E-state index in [9.17, 15) is 13.2 Å². The molecule has 6 heteroatoms. The molecule has 1 aliphatic rings. The van der Waals surface area contributed by atoms with E-state index in [-0.39, 0.29) is 35.8 Å². The lowest BCUT2D eigenvalue weighted by Gasteiger charge is -2.26. The van der Waals surface area contributed by atoms with Crippen molar-refractivity contribution in [1.29, 1.82) is 0 Å². The van der Waals surface area contributed by atoms with Gasteiger partial charge >= 0.3 is 0 Å². The predicted molar refractivity (Wildman–Crippen MR) is 62.9 cm³/mol. The van der Waals surface area contributed by atoms with Crippen LogP contribution in [0.15, 0.2) is 0 Å². The second-order valence-corrected chi connectivity index (χ2v) is 6.84. The average molecular weight is 248 g/mol. The van der Waals surface area contributed by atoms with Gasteiger partial charge in [0, 0.05) is 25.6 Å². The molecule has 1 heterocycles. The first-order chi connectivity index (χ1) is 7.39. The van der Waals surface area contributed by atoms with Crippen molar-refractivity contribution in [3.05, 3.63) is 0 Å². The summed E-state index contributed by atoms with van der Waals surface area (Å²) in [5.41, 5.74) is 0. The van der Waals surface area contributed by atoms with Gasteiger partial charge in [0.1, 0.15) is 0 Å². The monoisotopic (exact) mass is 248 g/mol. The Morgan fingerprint density at radius 3 is 2.50 bits per heavy atom. The molecule has 0 aliphatic carbocycles. The Hall–Kier alpha value is -0.620. The van der Waals surface area contributed by atoms with E-state index in [1.54, 1.807) is 0 Å². The van der Waals surface area contributed by atoms with Crippen LogP contribution in [0.2, 0.25) is 0 Å². The predicted octanol–water partition coefficient (Wildman–Crippen LogP) is -0.465. The second kappa shape index (κ2) is 5.63. The first kappa shape index (κ1) is 13.4. The summed E-state index contributed by atoms with van der Waals surface area (Å²) in [6.07, 6.45) is 0.0701. The third-order valence-corrected chi connectivity index (χ3v) is 4.25. The molecule has 0 saturated carbocycles. The van der Waals surface area contributed by atoms with Crippen LogP contribution >= 0.6 is 0 Å². The molecular weight excluding hydrogens is 228 g/mol. The van der Waals surface area contributed by atoms with Crippen molar-refractivity contribution >= 4 is 15.7 Å². The third kappa shape index (κ3) is 4.94. The quantitative estimate of drug-likeness (QED) is 0.667. The Morgan fingerprint density at radius 1 is 1.44 bits per heavy atom. The molecule has 2 N–H and O–H groups in total. The molecule has 0 spiro atoms. The Balaban J connectivity index is 2.26. The lowest BCUT2D eigenvalue weighted by atomic mass is 10.1. The van der Waals surface area contributed by atoms with E-state index in [2.05, 4.69) is 10.6 Å².